The molecule has 2 saturated carbocycles. The summed E-state index contributed by atoms with van der Waals surface area (Å²) in [5.41, 5.74) is -4.64. The fourth-order valence-electron chi connectivity index (χ4n) is 9.69. The first-order chi connectivity index (χ1) is 17.6. The third-order valence-corrected chi connectivity index (χ3v) is 10.9. The van der Waals surface area contributed by atoms with Gasteiger partial charge in [-0.15, -0.1) is 0 Å². The van der Waals surface area contributed by atoms with Gasteiger partial charge in [0, 0.05) is 40.6 Å². The molecule has 2 aliphatic carbocycles. The van der Waals surface area contributed by atoms with E-state index in [1.54, 1.807) is 19.9 Å². The molecule has 5 fully saturated rings. The lowest BCUT2D eigenvalue weighted by atomic mass is 9.36. The Morgan fingerprint density at radius 2 is 1.82 bits per heavy atom. The number of carbonyl (C=O) groups excluding carboxylic acids is 3. The summed E-state index contributed by atoms with van der Waals surface area (Å²) in [5, 5.41) is 23.7. The highest BCUT2D eigenvalue weighted by Gasteiger charge is 2.90. The van der Waals surface area contributed by atoms with Gasteiger partial charge in [0.1, 0.15) is 23.4 Å². The Labute approximate surface area is 220 Å². The molecule has 0 bridgehead atoms. The Morgan fingerprint density at radius 1 is 1.11 bits per heavy atom. The van der Waals surface area contributed by atoms with E-state index >= 15 is 0 Å². The topological polar surface area (TPSA) is 145 Å². The van der Waals surface area contributed by atoms with Crippen molar-refractivity contribution in [1.82, 2.24) is 0 Å². The molecule has 38 heavy (non-hydrogen) atoms. The van der Waals surface area contributed by atoms with E-state index in [1.807, 2.05) is 20.8 Å². The van der Waals surface area contributed by atoms with Gasteiger partial charge < -0.3 is 33.6 Å². The van der Waals surface area contributed by atoms with E-state index in [-0.39, 0.29) is 19.3 Å². The van der Waals surface area contributed by atoms with Crippen LogP contribution < -0.4 is 0 Å². The van der Waals surface area contributed by atoms with Crippen molar-refractivity contribution < 1.29 is 48.0 Å². The minimum atomic E-state index is -1.17. The molecule has 0 amide bonds. The lowest BCUT2D eigenvalue weighted by molar-refractivity contribution is -0.300. The predicted octanol–water partition coefficient (Wildman–Crippen LogP) is 2.45. The molecular formula is C28H36O10. The molecule has 5 aliphatic rings. The van der Waals surface area contributed by atoms with Gasteiger partial charge in [-0.3, -0.25) is 9.59 Å². The van der Waals surface area contributed by atoms with E-state index in [0.717, 1.165) is 0 Å². The van der Waals surface area contributed by atoms with E-state index in [2.05, 4.69) is 0 Å². The minimum absolute atomic E-state index is 0.184. The highest BCUT2D eigenvalue weighted by atomic mass is 16.7. The predicted molar refractivity (Wildman–Crippen MR) is 128 cm³/mol. The van der Waals surface area contributed by atoms with Crippen molar-refractivity contribution in [3.8, 4) is 0 Å². The van der Waals surface area contributed by atoms with E-state index < -0.39 is 87.7 Å². The molecule has 2 N–H and O–H groups in total. The molecule has 3 saturated heterocycles. The molecule has 11 atom stereocenters. The Bertz CT molecular complexity index is 1190. The molecule has 4 heterocycles. The maximum atomic E-state index is 13.3. The van der Waals surface area contributed by atoms with Crippen LogP contribution in [0.3, 0.4) is 0 Å². The molecule has 1 spiro atoms. The first-order valence-corrected chi connectivity index (χ1v) is 13.3. The van der Waals surface area contributed by atoms with Crippen LogP contribution in [-0.2, 0) is 33.3 Å². The molecule has 0 aromatic carbocycles. The van der Waals surface area contributed by atoms with Crippen LogP contribution in [0.2, 0.25) is 0 Å². The number of epoxide rings is 1. The maximum absolute atomic E-state index is 13.3. The van der Waals surface area contributed by atoms with Crippen LogP contribution in [-0.4, -0.2) is 63.7 Å². The van der Waals surface area contributed by atoms with Crippen LogP contribution in [0.1, 0.15) is 72.5 Å². The van der Waals surface area contributed by atoms with Gasteiger partial charge in [-0.2, -0.15) is 0 Å². The van der Waals surface area contributed by atoms with Crippen LogP contribution in [0.4, 0.5) is 0 Å². The zero-order valence-electron chi connectivity index (χ0n) is 22.6. The monoisotopic (exact) mass is 532 g/mol. The number of aliphatic hydroxyl groups excluding tert-OH is 2. The molecule has 10 heteroatoms. The third-order valence-electron chi connectivity index (χ3n) is 10.9. The normalized spacial score (nSPS) is 50.7. The highest BCUT2D eigenvalue weighted by Crippen LogP contribution is 2.79. The van der Waals surface area contributed by atoms with Gasteiger partial charge in [0.2, 0.25) is 0 Å². The summed E-state index contributed by atoms with van der Waals surface area (Å²) >= 11 is 0. The number of hydrogen-bond acceptors (Lipinski definition) is 10. The zero-order chi connectivity index (χ0) is 27.6. The van der Waals surface area contributed by atoms with Gasteiger partial charge in [0.25, 0.3) is 0 Å². The SMILES string of the molecule is CC(=O)O[C@@H]1C[C@@H]2C(C)(C)OC(=O)C[C@@H](O)[C@]2(C)[C@@H]2[C@@H](O)C[C@@]3(C)[C@H](c4ccoc4)OC(=O)[C@H]4O[C@@]43[C@]12C. The first-order valence-electron chi connectivity index (χ1n) is 13.3. The average molecular weight is 533 g/mol. The Morgan fingerprint density at radius 3 is 2.45 bits per heavy atom. The summed E-state index contributed by atoms with van der Waals surface area (Å²) in [6, 6.07) is 1.72. The second kappa shape index (κ2) is 7.61. The Balaban J connectivity index is 1.59. The summed E-state index contributed by atoms with van der Waals surface area (Å²) in [7, 11) is 0. The number of cyclic esters (lactones) is 2. The first kappa shape index (κ1) is 25.8. The van der Waals surface area contributed by atoms with Crippen molar-refractivity contribution in [1.29, 1.82) is 0 Å². The summed E-state index contributed by atoms with van der Waals surface area (Å²) in [6.45, 7) is 10.6. The molecule has 208 valence electrons. The van der Waals surface area contributed by atoms with E-state index in [1.165, 1.54) is 19.5 Å². The standard InChI is InChI=1S/C28H36O10/c1-13(29)35-18-9-16-24(2,3)37-19(32)10-17(31)26(16,5)20-15(30)11-25(4)21(14-7-8-34-12-14)36-23(33)22-28(25,38-22)27(18,20)6/h7-8,12,15-18,20-22,30-31H,9-11H2,1-6H3/t15-,16+,17+,18+,20-,21-,22+,25-,26+,27+,28-/m0/s1. The summed E-state index contributed by atoms with van der Waals surface area (Å²) in [6.07, 6.45) is -1.46. The lowest BCUT2D eigenvalue weighted by Crippen LogP contribution is -2.77. The molecule has 6 rings (SSSR count). The molecule has 10 nitrogen and oxygen atoms in total. The molecular weight excluding hydrogens is 496 g/mol. The van der Waals surface area contributed by atoms with Crippen molar-refractivity contribution in [2.45, 2.75) is 103 Å². The maximum Gasteiger partial charge on any atom is 0.339 e. The third kappa shape index (κ3) is 2.86. The zero-order valence-corrected chi connectivity index (χ0v) is 22.6. The van der Waals surface area contributed by atoms with Gasteiger partial charge >= 0.3 is 17.9 Å². The molecule has 3 aliphatic heterocycles. The van der Waals surface area contributed by atoms with Gasteiger partial charge in [-0.05, 0) is 32.8 Å². The highest BCUT2D eigenvalue weighted by molar-refractivity contribution is 5.82. The number of carbonyl (C=O) groups is 3. The second-order valence-corrected chi connectivity index (χ2v) is 13.1. The number of aliphatic hydroxyl groups is 2. The number of furan rings is 1. The van der Waals surface area contributed by atoms with E-state index in [0.29, 0.717) is 5.56 Å². The number of esters is 3. The largest absolute Gasteiger partial charge is 0.472 e. The van der Waals surface area contributed by atoms with Gasteiger partial charge in [-0.1, -0.05) is 20.8 Å². The molecule has 0 unspecified atom stereocenters. The molecule has 1 aromatic rings. The summed E-state index contributed by atoms with van der Waals surface area (Å²) in [5.74, 6) is -2.75. The number of rotatable bonds is 2. The van der Waals surface area contributed by atoms with Crippen molar-refractivity contribution in [2.75, 3.05) is 0 Å². The fraction of sp³-hybridized carbons (Fsp3) is 0.750. The molecule has 1 aromatic heterocycles. The fourth-order valence-corrected chi connectivity index (χ4v) is 9.69. The van der Waals surface area contributed by atoms with E-state index in [4.69, 9.17) is 23.4 Å². The van der Waals surface area contributed by atoms with Gasteiger partial charge in [0.05, 0.1) is 31.2 Å². The Hall–Kier alpha value is -2.43. The second-order valence-electron chi connectivity index (χ2n) is 13.1. The van der Waals surface area contributed by atoms with Crippen LogP contribution in [0, 0.1) is 28.1 Å². The van der Waals surface area contributed by atoms with E-state index in [9.17, 15) is 24.6 Å². The van der Waals surface area contributed by atoms with Crippen molar-refractivity contribution in [3.63, 3.8) is 0 Å². The van der Waals surface area contributed by atoms with Crippen molar-refractivity contribution in [3.05, 3.63) is 24.2 Å². The quantitative estimate of drug-likeness (QED) is 0.331. The van der Waals surface area contributed by atoms with Crippen LogP contribution >= 0.6 is 0 Å². The number of fused-ring (bicyclic) bond motifs is 3. The van der Waals surface area contributed by atoms with Crippen molar-refractivity contribution in [2.24, 2.45) is 28.1 Å². The summed E-state index contributed by atoms with van der Waals surface area (Å²) in [4.78, 5) is 38.5. The van der Waals surface area contributed by atoms with Gasteiger partial charge in [0.15, 0.2) is 6.10 Å². The van der Waals surface area contributed by atoms with Crippen LogP contribution in [0.25, 0.3) is 0 Å². The number of ether oxygens (including phenoxy) is 4. The Kier molecular flexibility index (Phi) is 5.17. The van der Waals surface area contributed by atoms with Crippen LogP contribution in [0.5, 0.6) is 0 Å². The minimum Gasteiger partial charge on any atom is -0.472 e. The average Bonchev–Trinajstić information content (AvgIpc) is 3.39. The van der Waals surface area contributed by atoms with Crippen molar-refractivity contribution >= 4 is 17.9 Å². The molecule has 0 radical (unpaired) electrons. The van der Waals surface area contributed by atoms with Crippen LogP contribution in [0.15, 0.2) is 23.0 Å². The smallest absolute Gasteiger partial charge is 0.339 e. The summed E-state index contributed by atoms with van der Waals surface area (Å²) < 4.78 is 29.5. The lowest BCUT2D eigenvalue weighted by Gasteiger charge is -2.69. The number of hydrogen-bond donors (Lipinski definition) is 2. The van der Waals surface area contributed by atoms with Gasteiger partial charge in [-0.25, -0.2) is 4.79 Å².